The molecule has 0 aliphatic heterocycles. The van der Waals surface area contributed by atoms with Crippen molar-refractivity contribution < 1.29 is 23.9 Å². The molecule has 2 aromatic carbocycles. The van der Waals surface area contributed by atoms with Crippen molar-refractivity contribution in [3.05, 3.63) is 59.7 Å². The largest absolute Gasteiger partial charge is 0.443 e. The molecular weight excluding hydrogens is 408 g/mol. The monoisotopic (exact) mass is 440 g/mol. The van der Waals surface area contributed by atoms with Crippen molar-refractivity contribution in [2.75, 3.05) is 23.9 Å². The minimum absolute atomic E-state index is 0.164. The van der Waals surface area contributed by atoms with Crippen LogP contribution in [0.3, 0.4) is 0 Å². The fourth-order valence-electron chi connectivity index (χ4n) is 2.71. The van der Waals surface area contributed by atoms with E-state index in [0.717, 1.165) is 0 Å². The van der Waals surface area contributed by atoms with Gasteiger partial charge in [-0.3, -0.25) is 14.6 Å². The third-order valence-corrected chi connectivity index (χ3v) is 4.37. The number of benzene rings is 2. The number of rotatable bonds is 4. The first-order valence-corrected chi connectivity index (χ1v) is 10.4. The lowest BCUT2D eigenvalue weighted by Gasteiger charge is -2.25. The summed E-state index contributed by atoms with van der Waals surface area (Å²) in [5, 5.41) is 0. The quantitative estimate of drug-likeness (QED) is 0.573. The molecule has 0 saturated heterocycles. The Morgan fingerprint density at radius 2 is 0.875 bits per heavy atom. The van der Waals surface area contributed by atoms with Crippen molar-refractivity contribution in [3.8, 4) is 0 Å². The Morgan fingerprint density at radius 3 is 1.12 bits per heavy atom. The molecule has 2 aromatic rings. The second-order valence-electron chi connectivity index (χ2n) is 9.50. The van der Waals surface area contributed by atoms with E-state index in [1.54, 1.807) is 104 Å². The number of ether oxygens (including phenoxy) is 2. The standard InChI is InChI=1S/C25H32N2O5/c1-24(2,3)31-22(29)26(7)19-13-9-17(10-14-19)21(28)18-11-15-20(16-12-18)27(8)23(30)32-25(4,5)6/h9-16H,1-8H3. The third kappa shape index (κ3) is 6.83. The van der Waals surface area contributed by atoms with Gasteiger partial charge in [0.05, 0.1) is 0 Å². The molecule has 0 spiro atoms. The first kappa shape index (κ1) is 24.9. The van der Waals surface area contributed by atoms with Crippen LogP contribution in [0.25, 0.3) is 0 Å². The molecule has 0 aliphatic carbocycles. The first-order chi connectivity index (χ1) is 14.7. The van der Waals surface area contributed by atoms with Gasteiger partial charge in [-0.25, -0.2) is 9.59 Å². The van der Waals surface area contributed by atoms with Gasteiger partial charge in [0, 0.05) is 36.6 Å². The Bertz CT molecular complexity index is 888. The Balaban J connectivity index is 2.10. The molecule has 172 valence electrons. The van der Waals surface area contributed by atoms with Crippen LogP contribution in [0.1, 0.15) is 57.5 Å². The number of hydrogen-bond donors (Lipinski definition) is 0. The van der Waals surface area contributed by atoms with Crippen LogP contribution in [0, 0.1) is 0 Å². The molecule has 2 rings (SSSR count). The highest BCUT2D eigenvalue weighted by Crippen LogP contribution is 2.21. The van der Waals surface area contributed by atoms with E-state index in [4.69, 9.17) is 9.47 Å². The maximum Gasteiger partial charge on any atom is 0.414 e. The average molecular weight is 441 g/mol. The Morgan fingerprint density at radius 1 is 0.594 bits per heavy atom. The number of carbonyl (C=O) groups is 3. The van der Waals surface area contributed by atoms with Crippen molar-refractivity contribution in [2.24, 2.45) is 0 Å². The van der Waals surface area contributed by atoms with Crippen LogP contribution in [0.2, 0.25) is 0 Å². The van der Waals surface area contributed by atoms with Crippen molar-refractivity contribution >= 4 is 29.3 Å². The summed E-state index contributed by atoms with van der Waals surface area (Å²) in [6.45, 7) is 10.8. The molecule has 2 amide bonds. The number of amides is 2. The molecule has 0 radical (unpaired) electrons. The fourth-order valence-corrected chi connectivity index (χ4v) is 2.71. The van der Waals surface area contributed by atoms with Crippen molar-refractivity contribution in [3.63, 3.8) is 0 Å². The zero-order chi connectivity index (χ0) is 24.3. The molecule has 0 bridgehead atoms. The van der Waals surface area contributed by atoms with Gasteiger partial charge in [0.2, 0.25) is 0 Å². The average Bonchev–Trinajstić information content (AvgIpc) is 2.70. The SMILES string of the molecule is CN(C(=O)OC(C)(C)C)c1ccc(C(=O)c2ccc(N(C)C(=O)OC(C)(C)C)cc2)cc1. The van der Waals surface area contributed by atoms with Gasteiger partial charge in [-0.2, -0.15) is 0 Å². The van der Waals surface area contributed by atoms with Gasteiger partial charge in [0.1, 0.15) is 11.2 Å². The minimum Gasteiger partial charge on any atom is -0.443 e. The van der Waals surface area contributed by atoms with Crippen LogP contribution >= 0.6 is 0 Å². The molecule has 0 N–H and O–H groups in total. The van der Waals surface area contributed by atoms with Gasteiger partial charge in [0.15, 0.2) is 5.78 Å². The Kier molecular flexibility index (Phi) is 7.34. The van der Waals surface area contributed by atoms with Crippen LogP contribution in [0.15, 0.2) is 48.5 Å². The third-order valence-electron chi connectivity index (χ3n) is 4.37. The zero-order valence-electron chi connectivity index (χ0n) is 20.1. The van der Waals surface area contributed by atoms with Crippen LogP contribution in [-0.2, 0) is 9.47 Å². The number of ketones is 1. The van der Waals surface area contributed by atoms with Gasteiger partial charge in [-0.15, -0.1) is 0 Å². The predicted molar refractivity (Wildman–Crippen MR) is 126 cm³/mol. The summed E-state index contributed by atoms with van der Waals surface area (Å²) in [7, 11) is 3.23. The molecule has 7 heteroatoms. The molecule has 0 aliphatic rings. The van der Waals surface area contributed by atoms with E-state index in [1.165, 1.54) is 9.80 Å². The molecule has 32 heavy (non-hydrogen) atoms. The zero-order valence-corrected chi connectivity index (χ0v) is 20.1. The molecule has 0 heterocycles. The fraction of sp³-hybridized carbons (Fsp3) is 0.400. The van der Waals surface area contributed by atoms with Crippen LogP contribution < -0.4 is 9.80 Å². The van der Waals surface area contributed by atoms with E-state index in [2.05, 4.69) is 0 Å². The number of hydrogen-bond acceptors (Lipinski definition) is 5. The second-order valence-corrected chi connectivity index (χ2v) is 9.50. The smallest absolute Gasteiger partial charge is 0.414 e. The number of anilines is 2. The van der Waals surface area contributed by atoms with Crippen LogP contribution in [0.4, 0.5) is 21.0 Å². The summed E-state index contributed by atoms with van der Waals surface area (Å²) < 4.78 is 10.7. The lowest BCUT2D eigenvalue weighted by molar-refractivity contribution is 0.0578. The lowest BCUT2D eigenvalue weighted by atomic mass is 10.0. The lowest BCUT2D eigenvalue weighted by Crippen LogP contribution is -2.34. The molecule has 0 saturated carbocycles. The normalized spacial score (nSPS) is 11.5. The molecular formula is C25H32N2O5. The highest BCUT2D eigenvalue weighted by Gasteiger charge is 2.22. The Labute approximate surface area is 189 Å². The van der Waals surface area contributed by atoms with Gasteiger partial charge in [0.25, 0.3) is 0 Å². The molecule has 0 atom stereocenters. The molecule has 7 nitrogen and oxygen atoms in total. The summed E-state index contributed by atoms with van der Waals surface area (Å²) in [4.78, 5) is 40.0. The summed E-state index contributed by atoms with van der Waals surface area (Å²) >= 11 is 0. The van der Waals surface area contributed by atoms with Crippen molar-refractivity contribution in [2.45, 2.75) is 52.7 Å². The molecule has 0 fully saturated rings. The maximum atomic E-state index is 12.8. The van der Waals surface area contributed by atoms with E-state index in [1.807, 2.05) is 0 Å². The summed E-state index contributed by atoms with van der Waals surface area (Å²) in [5.41, 5.74) is 1.02. The van der Waals surface area contributed by atoms with Gasteiger partial charge in [-0.1, -0.05) is 0 Å². The summed E-state index contributed by atoms with van der Waals surface area (Å²) in [6, 6.07) is 13.4. The highest BCUT2D eigenvalue weighted by atomic mass is 16.6. The van der Waals surface area contributed by atoms with Crippen LogP contribution in [-0.4, -0.2) is 43.3 Å². The second kappa shape index (κ2) is 9.42. The van der Waals surface area contributed by atoms with Gasteiger partial charge >= 0.3 is 12.2 Å². The van der Waals surface area contributed by atoms with E-state index < -0.39 is 23.4 Å². The van der Waals surface area contributed by atoms with E-state index in [0.29, 0.717) is 22.5 Å². The van der Waals surface area contributed by atoms with E-state index in [-0.39, 0.29) is 5.78 Å². The minimum atomic E-state index is -0.592. The highest BCUT2D eigenvalue weighted by molar-refractivity contribution is 6.09. The van der Waals surface area contributed by atoms with Crippen molar-refractivity contribution in [1.82, 2.24) is 0 Å². The topological polar surface area (TPSA) is 76.2 Å². The number of carbonyl (C=O) groups excluding carboxylic acids is 3. The number of nitrogens with zero attached hydrogens (tertiary/aromatic N) is 2. The van der Waals surface area contributed by atoms with E-state index >= 15 is 0 Å². The molecule has 0 aromatic heterocycles. The first-order valence-electron chi connectivity index (χ1n) is 10.4. The summed E-state index contributed by atoms with van der Waals surface area (Å²) in [6.07, 6.45) is -0.942. The van der Waals surface area contributed by atoms with Gasteiger partial charge in [-0.05, 0) is 90.1 Å². The molecule has 0 unspecified atom stereocenters. The van der Waals surface area contributed by atoms with E-state index in [9.17, 15) is 14.4 Å². The van der Waals surface area contributed by atoms with Gasteiger partial charge < -0.3 is 9.47 Å². The van der Waals surface area contributed by atoms with Crippen molar-refractivity contribution in [1.29, 1.82) is 0 Å². The predicted octanol–water partition coefficient (Wildman–Crippen LogP) is 5.66. The van der Waals surface area contributed by atoms with Crippen LogP contribution in [0.5, 0.6) is 0 Å². The summed E-state index contributed by atoms with van der Waals surface area (Å²) in [5.74, 6) is -0.164. The Hall–Kier alpha value is -3.35. The maximum absolute atomic E-state index is 12.8.